The zero-order valence-corrected chi connectivity index (χ0v) is 28.1. The van der Waals surface area contributed by atoms with Gasteiger partial charge in [-0.1, -0.05) is 17.7 Å². The lowest BCUT2D eigenvalue weighted by molar-refractivity contribution is -0.953. The maximum Gasteiger partial charge on any atom is 0.573 e. The highest BCUT2D eigenvalue weighted by molar-refractivity contribution is 7.93. The van der Waals surface area contributed by atoms with Gasteiger partial charge in [-0.15, -0.1) is 13.2 Å². The zero-order valence-electron chi connectivity index (χ0n) is 26.5. The Balaban J connectivity index is 1.93. The molecular weight excluding hydrogens is 693 g/mol. The van der Waals surface area contributed by atoms with Crippen molar-refractivity contribution >= 4 is 39.1 Å². The largest absolute Gasteiger partial charge is 0.573 e. The molecule has 0 bridgehead atoms. The van der Waals surface area contributed by atoms with Crippen molar-refractivity contribution in [3.63, 3.8) is 0 Å². The van der Waals surface area contributed by atoms with Crippen LogP contribution in [0.2, 0.25) is 5.02 Å². The Morgan fingerprint density at radius 2 is 1.84 bits per heavy atom. The number of hydrogen-bond acceptors (Lipinski definition) is 9. The average molecular weight is 724 g/mol. The Hall–Kier alpha value is -4.56. The summed E-state index contributed by atoms with van der Waals surface area (Å²) in [6, 6.07) is 11.8. The average Bonchev–Trinajstić information content (AvgIpc) is 3.50. The molecule has 2 N–H and O–H groups in total. The van der Waals surface area contributed by atoms with Crippen molar-refractivity contribution in [2.75, 3.05) is 39.2 Å². The highest BCUT2D eigenvalue weighted by atomic mass is 35.5. The number of aliphatic hydroxyl groups is 1. The van der Waals surface area contributed by atoms with Crippen LogP contribution in [0, 0.1) is 11.3 Å². The summed E-state index contributed by atoms with van der Waals surface area (Å²) in [7, 11) is 0.0391. The van der Waals surface area contributed by atoms with Crippen molar-refractivity contribution in [3.8, 4) is 23.3 Å². The van der Waals surface area contributed by atoms with Crippen LogP contribution in [-0.2, 0) is 31.6 Å². The van der Waals surface area contributed by atoms with Gasteiger partial charge < -0.3 is 24.6 Å². The first kappa shape index (κ1) is 35.7. The Morgan fingerprint density at radius 1 is 1.12 bits per heavy atom. The summed E-state index contributed by atoms with van der Waals surface area (Å²) in [6.45, 7) is -0.264. The van der Waals surface area contributed by atoms with Crippen LogP contribution in [0.25, 0.3) is 0 Å². The third-order valence-electron chi connectivity index (χ3n) is 8.98. The number of carbonyl (C=O) groups is 2. The second-order valence-corrected chi connectivity index (χ2v) is 13.8. The molecule has 0 spiro atoms. The number of nitrogens with zero attached hydrogens (tertiary/aromatic N) is 3. The van der Waals surface area contributed by atoms with E-state index in [0.717, 1.165) is 25.3 Å². The minimum atomic E-state index is -5.33. The van der Waals surface area contributed by atoms with Gasteiger partial charge in [-0.3, -0.25) is 14.1 Å². The van der Waals surface area contributed by atoms with Gasteiger partial charge in [0, 0.05) is 24.6 Å². The van der Waals surface area contributed by atoms with Gasteiger partial charge in [0.15, 0.2) is 11.8 Å². The van der Waals surface area contributed by atoms with Crippen molar-refractivity contribution in [2.24, 2.45) is 0 Å². The molecule has 2 aliphatic rings. The van der Waals surface area contributed by atoms with Gasteiger partial charge in [0.05, 0.1) is 50.6 Å². The number of fused-ring (bicyclic) bond motifs is 1. The number of aliphatic hydroxyl groups excluding tert-OH is 1. The quantitative estimate of drug-likeness (QED) is 0.315. The van der Waals surface area contributed by atoms with Crippen molar-refractivity contribution in [2.45, 2.75) is 41.8 Å². The van der Waals surface area contributed by atoms with Gasteiger partial charge in [0.1, 0.15) is 29.0 Å². The molecule has 2 amide bonds. The van der Waals surface area contributed by atoms with Crippen molar-refractivity contribution in [3.05, 3.63) is 76.3 Å². The number of likely N-dealkylation sites (N-methyl/N-ethyl adjacent to an activating group) is 2. The van der Waals surface area contributed by atoms with E-state index in [2.05, 4.69) is 10.1 Å². The lowest BCUT2D eigenvalue weighted by Crippen LogP contribution is -2.69. The van der Waals surface area contributed by atoms with E-state index in [9.17, 15) is 36.8 Å². The van der Waals surface area contributed by atoms with E-state index in [0.29, 0.717) is 9.87 Å². The summed E-state index contributed by atoms with van der Waals surface area (Å²) in [4.78, 5) is 28.0. The fraction of sp³-hybridized carbons (Fsp3) is 0.344. The summed E-state index contributed by atoms with van der Waals surface area (Å²) >= 11 is 6.51. The van der Waals surface area contributed by atoms with Gasteiger partial charge >= 0.3 is 12.3 Å². The van der Waals surface area contributed by atoms with E-state index in [-0.39, 0.29) is 52.7 Å². The van der Waals surface area contributed by atoms with Crippen molar-refractivity contribution < 1.29 is 55.0 Å². The molecule has 3 aromatic rings. The maximum atomic E-state index is 15.5. The van der Waals surface area contributed by atoms with E-state index in [4.69, 9.17) is 21.1 Å². The summed E-state index contributed by atoms with van der Waals surface area (Å²) in [6.07, 6.45) is -6.77. The third kappa shape index (κ3) is 5.70. The first-order chi connectivity index (χ1) is 23.0. The number of anilines is 1. The monoisotopic (exact) mass is 723 g/mol. The number of likely N-dealkylation sites (tertiary alicyclic amines) is 1. The van der Waals surface area contributed by atoms with Gasteiger partial charge in [-0.2, -0.15) is 9.57 Å². The van der Waals surface area contributed by atoms with E-state index in [1.165, 1.54) is 51.5 Å². The van der Waals surface area contributed by atoms with Gasteiger partial charge in [0.25, 0.3) is 15.9 Å². The third-order valence-corrected chi connectivity index (χ3v) is 11.0. The molecule has 260 valence electrons. The summed E-state index contributed by atoms with van der Waals surface area (Å²) in [5, 5.41) is 23.2. The molecule has 17 heteroatoms. The van der Waals surface area contributed by atoms with Crippen LogP contribution in [0.15, 0.2) is 59.5 Å². The summed E-state index contributed by atoms with van der Waals surface area (Å²) < 4.78 is 84.7. The molecule has 3 aromatic carbocycles. The van der Waals surface area contributed by atoms with Crippen molar-refractivity contribution in [1.29, 1.82) is 5.26 Å². The smallest absolute Gasteiger partial charge is 0.497 e. The fourth-order valence-electron chi connectivity index (χ4n) is 7.02. The van der Waals surface area contributed by atoms with Gasteiger partial charge in [-0.25, -0.2) is 8.42 Å². The molecule has 49 heavy (non-hydrogen) atoms. The normalized spacial score (nSPS) is 23.5. The standard InChI is InChI=1S/C32H30ClF3N4O8S/c1-38-29(42)25-15-20(41)17-40(25,2)31(23-13-18(11-12-37)5-9-26(23)47-4)22-14-19(33)6-8-24(22)39(30(31)43)49(44,45)28-10-7-21(46-3)16-27(28)48-32(34,35)36/h5-10,13-14,16,20,25,41H,11,15,17H2,1-4H3/p+1/t20-,25+,31?,40?/m1/s1. The van der Waals surface area contributed by atoms with Crippen LogP contribution in [0.5, 0.6) is 17.2 Å². The topological polar surface area (TPSA) is 155 Å². The molecule has 1 saturated heterocycles. The van der Waals surface area contributed by atoms with E-state index in [1.807, 2.05) is 6.07 Å². The van der Waals surface area contributed by atoms with Crippen LogP contribution >= 0.6 is 11.6 Å². The first-order valence-electron chi connectivity index (χ1n) is 14.6. The Morgan fingerprint density at radius 3 is 2.45 bits per heavy atom. The number of halogens is 4. The van der Waals surface area contributed by atoms with E-state index in [1.54, 1.807) is 6.07 Å². The predicted octanol–water partition coefficient (Wildman–Crippen LogP) is 3.63. The maximum absolute atomic E-state index is 15.5. The molecule has 2 aliphatic heterocycles. The highest BCUT2D eigenvalue weighted by Crippen LogP contribution is 2.58. The second-order valence-electron chi connectivity index (χ2n) is 11.6. The Kier molecular flexibility index (Phi) is 9.28. The molecule has 2 unspecified atom stereocenters. The molecule has 2 heterocycles. The summed E-state index contributed by atoms with van der Waals surface area (Å²) in [5.41, 5.74) is -2.16. The zero-order chi connectivity index (χ0) is 36.1. The van der Waals surface area contributed by atoms with Crippen molar-refractivity contribution in [1.82, 2.24) is 5.32 Å². The van der Waals surface area contributed by atoms with Crippen LogP contribution in [-0.4, -0.2) is 83.2 Å². The lowest BCUT2D eigenvalue weighted by Gasteiger charge is -2.48. The molecule has 0 radical (unpaired) electrons. The van der Waals surface area contributed by atoms with Crippen LogP contribution < -0.4 is 23.8 Å². The van der Waals surface area contributed by atoms with Gasteiger partial charge in [0.2, 0.25) is 5.54 Å². The number of carbonyl (C=O) groups excluding carboxylic acids is 2. The number of nitrogens with one attached hydrogen (secondary N) is 1. The number of quaternary nitrogens is 1. The van der Waals surface area contributed by atoms with Gasteiger partial charge in [-0.05, 0) is 48.0 Å². The number of amides is 2. The number of ether oxygens (including phenoxy) is 3. The minimum Gasteiger partial charge on any atom is -0.497 e. The number of alkyl halides is 3. The number of sulfonamides is 1. The highest BCUT2D eigenvalue weighted by Gasteiger charge is 2.72. The number of methoxy groups -OCH3 is 2. The predicted molar refractivity (Wildman–Crippen MR) is 168 cm³/mol. The minimum absolute atomic E-state index is 0.0287. The molecular formula is C32H31ClF3N4O8S+. The SMILES string of the molecule is CNC(=O)[C@@H]1C[C@@H](O)C[N+]1(C)C1(c2cc(CC#N)ccc2OC)C(=O)N(S(=O)(=O)c2ccc(OC)cc2OC(F)(F)F)c2ccc(Cl)cc21. The lowest BCUT2D eigenvalue weighted by atomic mass is 9.78. The van der Waals surface area contributed by atoms with Crippen LogP contribution in [0.1, 0.15) is 23.1 Å². The molecule has 5 rings (SSSR count). The number of hydrogen-bond donors (Lipinski definition) is 2. The molecule has 0 saturated carbocycles. The number of nitriles is 1. The second kappa shape index (κ2) is 12.7. The number of rotatable bonds is 9. The van der Waals surface area contributed by atoms with E-state index < -0.39 is 61.0 Å². The first-order valence-corrected chi connectivity index (χ1v) is 16.4. The molecule has 0 aromatic heterocycles. The molecule has 0 aliphatic carbocycles. The van der Waals surface area contributed by atoms with E-state index >= 15 is 4.79 Å². The fourth-order valence-corrected chi connectivity index (χ4v) is 8.75. The molecule has 1 fully saturated rings. The molecule has 4 atom stereocenters. The Labute approximate surface area is 284 Å². The number of benzene rings is 3. The Bertz CT molecular complexity index is 1990. The van der Waals surface area contributed by atoms with Crippen LogP contribution in [0.4, 0.5) is 18.9 Å². The summed E-state index contributed by atoms with van der Waals surface area (Å²) in [5.74, 6) is -3.07. The van der Waals surface area contributed by atoms with Crippen LogP contribution in [0.3, 0.4) is 0 Å². The molecule has 12 nitrogen and oxygen atoms in total.